The first-order valence-electron chi connectivity index (χ1n) is 16.3. The minimum absolute atomic E-state index is 1.16. The van der Waals surface area contributed by atoms with Crippen LogP contribution in [0.5, 0.6) is 0 Å². The molecule has 0 aliphatic heterocycles. The summed E-state index contributed by atoms with van der Waals surface area (Å²) in [6.45, 7) is 0. The molecule has 0 aliphatic rings. The molecule has 2 nitrogen and oxygen atoms in total. The van der Waals surface area contributed by atoms with Crippen molar-refractivity contribution in [2.45, 2.75) is 0 Å². The van der Waals surface area contributed by atoms with Crippen LogP contribution in [0, 0.1) is 0 Å². The van der Waals surface area contributed by atoms with Gasteiger partial charge in [0.25, 0.3) is 0 Å². The van der Waals surface area contributed by atoms with Gasteiger partial charge in [-0.15, -0.1) is 0 Å². The number of aromatic amines is 1. The predicted octanol–water partition coefficient (Wildman–Crippen LogP) is 12.4. The minimum Gasteiger partial charge on any atom is -0.354 e. The fraction of sp³-hybridized carbons (Fsp3) is 0.0222. The van der Waals surface area contributed by atoms with Crippen molar-refractivity contribution < 1.29 is 0 Å². The Labute approximate surface area is 270 Å². The fourth-order valence-electron chi connectivity index (χ4n) is 8.71. The lowest BCUT2D eigenvalue weighted by atomic mass is 9.84. The number of hydrogen-bond acceptors (Lipinski definition) is 0. The van der Waals surface area contributed by atoms with Crippen LogP contribution >= 0.6 is 0 Å². The van der Waals surface area contributed by atoms with Crippen molar-refractivity contribution in [2.24, 2.45) is 7.05 Å². The summed E-state index contributed by atoms with van der Waals surface area (Å²) in [5.74, 6) is 0. The normalized spacial score (nSPS) is 12.4. The second-order valence-corrected chi connectivity index (χ2v) is 13.0. The molecular weight excluding hydrogens is 569 g/mol. The van der Waals surface area contributed by atoms with Crippen LogP contribution in [0.15, 0.2) is 146 Å². The number of H-pyrrole nitrogens is 1. The topological polar surface area (TPSA) is 20.7 Å². The molecule has 218 valence electrons. The highest BCUT2D eigenvalue weighted by atomic mass is 14.9. The molecule has 47 heavy (non-hydrogen) atoms. The summed E-state index contributed by atoms with van der Waals surface area (Å²) in [6, 6.07) is 53.8. The van der Waals surface area contributed by atoms with E-state index in [4.69, 9.17) is 0 Å². The second-order valence-electron chi connectivity index (χ2n) is 13.0. The van der Waals surface area contributed by atoms with E-state index in [2.05, 4.69) is 162 Å². The molecule has 0 radical (unpaired) electrons. The van der Waals surface area contributed by atoms with Gasteiger partial charge < -0.3 is 9.55 Å². The Balaban J connectivity index is 1.52. The molecule has 0 spiro atoms. The number of aryl methyl sites for hydroxylation is 1. The number of hydrogen-bond donors (Lipinski definition) is 1. The zero-order valence-electron chi connectivity index (χ0n) is 25.8. The van der Waals surface area contributed by atoms with Crippen LogP contribution in [0.4, 0.5) is 0 Å². The molecule has 0 fully saturated rings. The molecule has 0 amide bonds. The Hall–Kier alpha value is -6.12. The van der Waals surface area contributed by atoms with Gasteiger partial charge in [-0.05, 0) is 66.3 Å². The zero-order valence-corrected chi connectivity index (χ0v) is 25.8. The molecule has 0 atom stereocenters. The Morgan fingerprint density at radius 2 is 0.936 bits per heavy atom. The standard InChI is InChI=1S/C45H28N2/c1-47-35-25-21-31-17-9-15-29-19-23-33(41(35)37(29)31)43-38(26-10-4-2-5-11-26)44-42(39(45(43)47)27-12-6-3-7-13-27)32-22-18-28-14-8-16-30-20-24-34(46-44)40(32)36(28)30/h2-25,46H,1H3. The van der Waals surface area contributed by atoms with E-state index in [-0.39, 0.29) is 0 Å². The van der Waals surface area contributed by atoms with Crippen molar-refractivity contribution in [1.82, 2.24) is 9.55 Å². The van der Waals surface area contributed by atoms with Gasteiger partial charge in [0.1, 0.15) is 0 Å². The summed E-state index contributed by atoms with van der Waals surface area (Å²) < 4.78 is 2.47. The maximum atomic E-state index is 4.08. The highest BCUT2D eigenvalue weighted by molar-refractivity contribution is 6.38. The minimum atomic E-state index is 1.16. The van der Waals surface area contributed by atoms with Crippen molar-refractivity contribution in [3.05, 3.63) is 146 Å². The molecule has 0 bridgehead atoms. The number of benzene rings is 9. The summed E-state index contributed by atoms with van der Waals surface area (Å²) >= 11 is 0. The van der Waals surface area contributed by atoms with Crippen LogP contribution in [-0.2, 0) is 7.05 Å². The van der Waals surface area contributed by atoms with E-state index in [1.165, 1.54) is 103 Å². The van der Waals surface area contributed by atoms with Crippen molar-refractivity contribution in [1.29, 1.82) is 0 Å². The van der Waals surface area contributed by atoms with Crippen molar-refractivity contribution in [2.75, 3.05) is 0 Å². The highest BCUT2D eigenvalue weighted by Crippen LogP contribution is 2.51. The molecule has 2 heteroatoms. The first kappa shape index (κ1) is 25.1. The van der Waals surface area contributed by atoms with Gasteiger partial charge in [-0.3, -0.25) is 0 Å². The fourth-order valence-corrected chi connectivity index (χ4v) is 8.71. The van der Waals surface area contributed by atoms with Gasteiger partial charge >= 0.3 is 0 Å². The van der Waals surface area contributed by atoms with E-state index >= 15 is 0 Å². The number of pyridine rings is 2. The zero-order chi connectivity index (χ0) is 30.8. The SMILES string of the molecule is Cn1c2ccc3cccc4ccc(c5c(-c6ccccc6)c6[nH]c7ccc8cccc9ccc(c6c(-c6ccccc6)c51)c7c89)c2c43. The van der Waals surface area contributed by atoms with E-state index < -0.39 is 0 Å². The van der Waals surface area contributed by atoms with Crippen LogP contribution < -0.4 is 0 Å². The third-order valence-electron chi connectivity index (χ3n) is 10.6. The summed E-state index contributed by atoms with van der Waals surface area (Å²) in [5.41, 5.74) is 9.76. The van der Waals surface area contributed by atoms with Crippen LogP contribution in [0.1, 0.15) is 0 Å². The van der Waals surface area contributed by atoms with E-state index in [1.54, 1.807) is 0 Å². The smallest absolute Gasteiger partial charge is 0.0582 e. The van der Waals surface area contributed by atoms with Gasteiger partial charge in [0.2, 0.25) is 0 Å². The highest BCUT2D eigenvalue weighted by Gasteiger charge is 2.25. The Morgan fingerprint density at radius 3 is 1.57 bits per heavy atom. The van der Waals surface area contributed by atoms with E-state index in [0.29, 0.717) is 0 Å². The molecule has 0 unspecified atom stereocenters. The number of rotatable bonds is 2. The molecule has 2 aromatic heterocycles. The molecular formula is C45H28N2. The Kier molecular flexibility index (Phi) is 4.80. The lowest BCUT2D eigenvalue weighted by Gasteiger charge is -2.25. The van der Waals surface area contributed by atoms with Crippen LogP contribution in [0.3, 0.4) is 0 Å². The van der Waals surface area contributed by atoms with Gasteiger partial charge in [-0.2, -0.15) is 0 Å². The average Bonchev–Trinajstić information content (AvgIpc) is 3.13. The van der Waals surface area contributed by atoms with Crippen LogP contribution in [0.2, 0.25) is 0 Å². The van der Waals surface area contributed by atoms with E-state index in [1.807, 2.05) is 0 Å². The lowest BCUT2D eigenvalue weighted by molar-refractivity contribution is 1.01. The molecule has 2 heterocycles. The number of fused-ring (bicyclic) bond motifs is 4. The van der Waals surface area contributed by atoms with Gasteiger partial charge in [-0.1, -0.05) is 133 Å². The summed E-state index contributed by atoms with van der Waals surface area (Å²) in [5, 5.41) is 15.5. The quantitative estimate of drug-likeness (QED) is 0.151. The first-order chi connectivity index (χ1) is 23.3. The second kappa shape index (κ2) is 8.99. The van der Waals surface area contributed by atoms with Crippen LogP contribution in [-0.4, -0.2) is 9.55 Å². The summed E-state index contributed by atoms with van der Waals surface area (Å²) in [6.07, 6.45) is 0. The summed E-state index contributed by atoms with van der Waals surface area (Å²) in [4.78, 5) is 4.08. The van der Waals surface area contributed by atoms with Crippen molar-refractivity contribution in [3.8, 4) is 22.3 Å². The molecule has 11 aromatic rings. The number of nitrogens with one attached hydrogen (secondary N) is 1. The largest absolute Gasteiger partial charge is 0.354 e. The molecule has 11 rings (SSSR count). The maximum Gasteiger partial charge on any atom is 0.0582 e. The molecule has 0 saturated carbocycles. The van der Waals surface area contributed by atoms with E-state index in [0.717, 1.165) is 5.52 Å². The van der Waals surface area contributed by atoms with Gasteiger partial charge in [0, 0.05) is 50.8 Å². The van der Waals surface area contributed by atoms with Gasteiger partial charge in [-0.25, -0.2) is 0 Å². The van der Waals surface area contributed by atoms with E-state index in [9.17, 15) is 0 Å². The van der Waals surface area contributed by atoms with Gasteiger partial charge in [0.05, 0.1) is 11.0 Å². The molecule has 0 saturated heterocycles. The lowest BCUT2D eigenvalue weighted by Crippen LogP contribution is -2.04. The molecule has 0 aliphatic carbocycles. The molecule has 1 N–H and O–H groups in total. The number of nitrogens with zero attached hydrogens (tertiary/aromatic N) is 1. The maximum absolute atomic E-state index is 4.08. The monoisotopic (exact) mass is 596 g/mol. The number of aromatic nitrogens is 2. The average molecular weight is 597 g/mol. The third-order valence-corrected chi connectivity index (χ3v) is 10.6. The first-order valence-corrected chi connectivity index (χ1v) is 16.3. The van der Waals surface area contributed by atoms with Gasteiger partial charge in [0.15, 0.2) is 0 Å². The van der Waals surface area contributed by atoms with Crippen molar-refractivity contribution in [3.63, 3.8) is 0 Å². The third kappa shape index (κ3) is 3.19. The van der Waals surface area contributed by atoms with Crippen molar-refractivity contribution >= 4 is 86.7 Å². The Bertz CT molecular complexity index is 3020. The summed E-state index contributed by atoms with van der Waals surface area (Å²) in [7, 11) is 2.26. The molecule has 9 aromatic carbocycles. The Morgan fingerprint density at radius 1 is 0.404 bits per heavy atom. The van der Waals surface area contributed by atoms with Crippen LogP contribution in [0.25, 0.3) is 109 Å². The predicted molar refractivity (Wildman–Crippen MR) is 202 cm³/mol.